The maximum absolute atomic E-state index is 12.4. The van der Waals surface area contributed by atoms with Gasteiger partial charge in [-0.2, -0.15) is 8.42 Å². The van der Waals surface area contributed by atoms with Gasteiger partial charge in [-0.15, -0.1) is 6.42 Å². The van der Waals surface area contributed by atoms with Crippen LogP contribution in [0.15, 0.2) is 48.5 Å². The van der Waals surface area contributed by atoms with Crippen LogP contribution in [0.3, 0.4) is 0 Å². The minimum atomic E-state index is -3.88. The van der Waals surface area contributed by atoms with Crippen LogP contribution in [0.1, 0.15) is 25.0 Å². The zero-order chi connectivity index (χ0) is 24.7. The lowest BCUT2D eigenvalue weighted by Crippen LogP contribution is -2.34. The van der Waals surface area contributed by atoms with Gasteiger partial charge in [0, 0.05) is 24.8 Å². The first kappa shape index (κ1) is 26.7. The number of hydrogen-bond acceptors (Lipinski definition) is 7. The van der Waals surface area contributed by atoms with Gasteiger partial charge in [-0.25, -0.2) is 8.42 Å². The predicted molar refractivity (Wildman–Crippen MR) is 131 cm³/mol. The molecule has 0 bridgehead atoms. The van der Waals surface area contributed by atoms with Crippen LogP contribution in [-0.2, 0) is 25.4 Å². The maximum Gasteiger partial charge on any atom is 0.310 e. The first-order valence-corrected chi connectivity index (χ1v) is 14.0. The summed E-state index contributed by atoms with van der Waals surface area (Å²) < 4.78 is 58.1. The van der Waals surface area contributed by atoms with Gasteiger partial charge < -0.3 is 8.92 Å². The highest BCUT2D eigenvalue weighted by molar-refractivity contribution is 7.90. The summed E-state index contributed by atoms with van der Waals surface area (Å²) in [6.45, 7) is 4.55. The number of methoxy groups -OCH3 is 1. The molecule has 0 spiro atoms. The van der Waals surface area contributed by atoms with Crippen LogP contribution in [-0.4, -0.2) is 66.2 Å². The molecule has 0 fully saturated rings. The zero-order valence-electron chi connectivity index (χ0n) is 19.4. The zero-order valence-corrected chi connectivity index (χ0v) is 21.1. The first-order chi connectivity index (χ1) is 15.4. The minimum Gasteiger partial charge on any atom is -0.497 e. The molecule has 0 saturated heterocycles. The summed E-state index contributed by atoms with van der Waals surface area (Å²) in [4.78, 5) is 1.60. The Hall–Kier alpha value is -2.54. The third kappa shape index (κ3) is 8.39. The largest absolute Gasteiger partial charge is 0.497 e. The highest BCUT2D eigenvalue weighted by Crippen LogP contribution is 2.33. The fourth-order valence-electron chi connectivity index (χ4n) is 3.22. The van der Waals surface area contributed by atoms with E-state index in [4.69, 9.17) is 15.3 Å². The summed E-state index contributed by atoms with van der Waals surface area (Å²) >= 11 is 0. The van der Waals surface area contributed by atoms with Gasteiger partial charge in [0.2, 0.25) is 0 Å². The van der Waals surface area contributed by atoms with Crippen molar-refractivity contribution in [3.8, 4) is 23.8 Å². The van der Waals surface area contributed by atoms with Crippen molar-refractivity contribution in [1.29, 1.82) is 0 Å². The van der Waals surface area contributed by atoms with Gasteiger partial charge in [-0.05, 0) is 35.4 Å². The molecule has 33 heavy (non-hydrogen) atoms. The van der Waals surface area contributed by atoms with E-state index in [9.17, 15) is 16.8 Å². The number of ether oxygens (including phenoxy) is 1. The Bertz CT molecular complexity index is 1160. The molecule has 0 saturated carbocycles. The second kappa shape index (κ2) is 11.1. The van der Waals surface area contributed by atoms with Crippen LogP contribution in [0, 0.1) is 12.3 Å². The molecule has 0 unspecified atom stereocenters. The van der Waals surface area contributed by atoms with E-state index in [0.717, 1.165) is 23.1 Å². The van der Waals surface area contributed by atoms with Gasteiger partial charge in [0.15, 0.2) is 0 Å². The average Bonchev–Trinajstić information content (AvgIpc) is 2.75. The molecule has 2 aromatic carbocycles. The quantitative estimate of drug-likeness (QED) is 0.332. The van der Waals surface area contributed by atoms with E-state index < -0.39 is 20.0 Å². The van der Waals surface area contributed by atoms with E-state index in [-0.39, 0.29) is 42.3 Å². The lowest BCUT2D eigenvalue weighted by atomic mass is 9.78. The van der Waals surface area contributed by atoms with Crippen molar-refractivity contribution >= 4 is 20.0 Å². The molecule has 2 rings (SSSR count). The summed E-state index contributed by atoms with van der Waals surface area (Å²) in [5, 5.41) is 0. The third-order valence-electron chi connectivity index (χ3n) is 5.36. The second-order valence-corrected chi connectivity index (χ2v) is 12.3. The summed E-state index contributed by atoms with van der Waals surface area (Å²) in [7, 11) is -5.44. The fraction of sp³-hybridized carbons (Fsp3) is 0.417. The van der Waals surface area contributed by atoms with Gasteiger partial charge in [0.05, 0.1) is 25.2 Å². The van der Waals surface area contributed by atoms with Crippen LogP contribution in [0.5, 0.6) is 11.5 Å². The Labute approximate surface area is 197 Å². The molecule has 0 aliphatic heterocycles. The summed E-state index contributed by atoms with van der Waals surface area (Å²) in [6.07, 6.45) is 6.43. The lowest BCUT2D eigenvalue weighted by molar-refractivity contribution is 0.340. The molecule has 0 aliphatic rings. The topological polar surface area (TPSA) is 90.0 Å². The molecule has 0 amide bonds. The summed E-state index contributed by atoms with van der Waals surface area (Å²) in [5.74, 6) is 3.00. The third-order valence-corrected chi connectivity index (χ3v) is 7.41. The van der Waals surface area contributed by atoms with Crippen molar-refractivity contribution < 1.29 is 25.8 Å². The van der Waals surface area contributed by atoms with Crippen molar-refractivity contribution in [2.24, 2.45) is 0 Å². The Morgan fingerprint density at radius 1 is 0.879 bits per heavy atom. The summed E-state index contributed by atoms with van der Waals surface area (Å²) in [5.41, 5.74) is 1.78. The van der Waals surface area contributed by atoms with Crippen molar-refractivity contribution in [3.05, 3.63) is 59.7 Å². The molecule has 9 heteroatoms. The van der Waals surface area contributed by atoms with E-state index >= 15 is 0 Å². The van der Waals surface area contributed by atoms with Gasteiger partial charge in [-0.3, -0.25) is 4.90 Å². The van der Waals surface area contributed by atoms with Crippen molar-refractivity contribution in [2.45, 2.75) is 19.3 Å². The van der Waals surface area contributed by atoms with E-state index in [1.54, 1.807) is 24.1 Å². The molecule has 0 N–H and O–H groups in total. The maximum atomic E-state index is 12.4. The number of benzene rings is 2. The van der Waals surface area contributed by atoms with Gasteiger partial charge >= 0.3 is 10.1 Å². The Kier molecular flexibility index (Phi) is 8.95. The van der Waals surface area contributed by atoms with Gasteiger partial charge in [0.25, 0.3) is 0 Å². The fourth-order valence-corrected chi connectivity index (χ4v) is 4.78. The Morgan fingerprint density at radius 2 is 1.36 bits per heavy atom. The molecule has 2 aromatic rings. The normalized spacial score (nSPS) is 12.4. The van der Waals surface area contributed by atoms with Crippen LogP contribution in [0.25, 0.3) is 0 Å². The summed E-state index contributed by atoms with van der Waals surface area (Å²) in [6, 6.07) is 14.7. The number of nitrogens with zero attached hydrogens (tertiary/aromatic N) is 1. The van der Waals surface area contributed by atoms with Crippen LogP contribution in [0.2, 0.25) is 0 Å². The highest BCUT2D eigenvalue weighted by atomic mass is 32.2. The SMILES string of the molecule is C#CCN(CCS(C)(=O)=O)CCS(=O)(=O)Oc1ccc(C(C)(C)c2ccc(OC)cc2)cc1. The minimum absolute atomic E-state index is 0.0740. The van der Waals surface area contributed by atoms with Crippen LogP contribution in [0.4, 0.5) is 0 Å². The van der Waals surface area contributed by atoms with E-state index in [1.165, 1.54) is 0 Å². The van der Waals surface area contributed by atoms with Gasteiger partial charge in [-0.1, -0.05) is 44.0 Å². The van der Waals surface area contributed by atoms with Crippen molar-refractivity contribution in [3.63, 3.8) is 0 Å². The van der Waals surface area contributed by atoms with E-state index in [2.05, 4.69) is 19.8 Å². The van der Waals surface area contributed by atoms with Crippen molar-refractivity contribution in [1.82, 2.24) is 4.90 Å². The monoisotopic (exact) mass is 493 g/mol. The number of rotatable bonds is 12. The standard InChI is InChI=1S/C24H31NO6S2/c1-6-15-25(16-18-32(5,26)27)17-19-33(28,29)31-23-13-9-21(10-14-23)24(2,3)20-7-11-22(30-4)12-8-20/h1,7-14H,15-19H2,2-5H3. The van der Waals surface area contributed by atoms with E-state index in [0.29, 0.717) is 0 Å². The Morgan fingerprint density at radius 3 is 1.82 bits per heavy atom. The van der Waals surface area contributed by atoms with Gasteiger partial charge in [0.1, 0.15) is 21.3 Å². The number of hydrogen-bond donors (Lipinski definition) is 0. The lowest BCUT2D eigenvalue weighted by Gasteiger charge is -2.26. The van der Waals surface area contributed by atoms with E-state index in [1.807, 2.05) is 36.4 Å². The molecule has 0 heterocycles. The van der Waals surface area contributed by atoms with Crippen LogP contribution >= 0.6 is 0 Å². The predicted octanol–water partition coefficient (Wildman–Crippen LogP) is 2.71. The molecule has 0 atom stereocenters. The number of terminal acetylenes is 1. The number of sulfone groups is 1. The highest BCUT2D eigenvalue weighted by Gasteiger charge is 2.24. The second-order valence-electron chi connectivity index (χ2n) is 8.33. The Balaban J connectivity index is 2.04. The molecule has 0 aromatic heterocycles. The molecule has 7 nitrogen and oxygen atoms in total. The first-order valence-electron chi connectivity index (χ1n) is 10.4. The van der Waals surface area contributed by atoms with Crippen LogP contribution < -0.4 is 8.92 Å². The molecular weight excluding hydrogens is 462 g/mol. The molecule has 0 radical (unpaired) electrons. The average molecular weight is 494 g/mol. The molecular formula is C24H31NO6S2. The smallest absolute Gasteiger partial charge is 0.310 e. The molecule has 180 valence electrons. The van der Waals surface area contributed by atoms with Crippen molar-refractivity contribution in [2.75, 3.05) is 44.5 Å². The molecule has 0 aliphatic carbocycles.